The van der Waals surface area contributed by atoms with E-state index >= 15 is 0 Å². The molecule has 2 saturated heterocycles. The second-order valence-corrected chi connectivity index (χ2v) is 17.6. The Morgan fingerprint density at radius 1 is 0.945 bits per heavy atom. The van der Waals surface area contributed by atoms with Crippen LogP contribution in [0.5, 0.6) is 0 Å². The summed E-state index contributed by atoms with van der Waals surface area (Å²) in [6.45, 7) is 11.5. The molecule has 0 radical (unpaired) electrons. The van der Waals surface area contributed by atoms with Gasteiger partial charge in [-0.2, -0.15) is 0 Å². The maximum absolute atomic E-state index is 14.3. The topological polar surface area (TPSA) is 136 Å². The summed E-state index contributed by atoms with van der Waals surface area (Å²) in [6.07, 6.45) is 15.7. The highest BCUT2D eigenvalue weighted by Gasteiger charge is 2.56. The molecule has 7 atom stereocenters. The van der Waals surface area contributed by atoms with E-state index in [1.807, 2.05) is 30.3 Å². The van der Waals surface area contributed by atoms with Crippen molar-refractivity contribution in [3.63, 3.8) is 0 Å². The van der Waals surface area contributed by atoms with Crippen molar-refractivity contribution in [1.29, 1.82) is 0 Å². The van der Waals surface area contributed by atoms with E-state index in [0.717, 1.165) is 89.0 Å². The van der Waals surface area contributed by atoms with Gasteiger partial charge in [0, 0.05) is 44.3 Å². The number of ether oxygens (including phenoxy) is 4. The summed E-state index contributed by atoms with van der Waals surface area (Å²) in [5.41, 5.74) is 3.47. The van der Waals surface area contributed by atoms with Gasteiger partial charge in [0.15, 0.2) is 5.79 Å². The third-order valence-corrected chi connectivity index (χ3v) is 13.0. The highest BCUT2D eigenvalue weighted by atomic mass is 16.8. The monoisotopic (exact) mass is 762 g/mol. The Hall–Kier alpha value is -3.05. The van der Waals surface area contributed by atoms with Crippen molar-refractivity contribution in [2.45, 2.75) is 167 Å². The van der Waals surface area contributed by atoms with Crippen molar-refractivity contribution in [3.05, 3.63) is 52.6 Å². The second kappa shape index (κ2) is 18.0. The van der Waals surface area contributed by atoms with Gasteiger partial charge in [-0.05, 0) is 86.8 Å². The lowest BCUT2D eigenvalue weighted by Gasteiger charge is -2.53. The molecule has 2 saturated carbocycles. The van der Waals surface area contributed by atoms with Crippen LogP contribution in [0.15, 0.2) is 41.5 Å². The molecule has 7 unspecified atom stereocenters. The number of rotatable bonds is 17. The second-order valence-electron chi connectivity index (χ2n) is 17.6. The molecule has 10 heteroatoms. The van der Waals surface area contributed by atoms with Crippen LogP contribution in [0, 0.1) is 17.3 Å². The smallest absolute Gasteiger partial charge is 0.339 e. The van der Waals surface area contributed by atoms with E-state index < -0.39 is 30.1 Å². The van der Waals surface area contributed by atoms with Gasteiger partial charge in [0.2, 0.25) is 11.8 Å². The number of esters is 1. The Balaban J connectivity index is 1.23. The van der Waals surface area contributed by atoms with Crippen LogP contribution in [-0.2, 0) is 28.5 Å². The quantitative estimate of drug-likeness (QED) is 0.0841. The molecule has 3 aliphatic carbocycles. The standard InChI is InChI=1S/C45H66N2O8/c1-6-8-12-20-45(21-13-9-7-2)53-37-28-32(41(50)47-23-19-39(49)46-24-25-48)27-36(40(37)55-45)52-42(51)33-15-11-10-14-30(33)26-31-16-17-38-44(5,54-38)22-18-35-34(31)29-43(35,3)4/h10-11,14-15,26,28,34-38,40,48H,6-9,12-13,16-25,27,29H2,1-5H3,(H,46,49)(H,47,50). The van der Waals surface area contributed by atoms with Crippen molar-refractivity contribution < 1.29 is 38.4 Å². The molecule has 1 aromatic carbocycles. The zero-order valence-corrected chi connectivity index (χ0v) is 34.0. The Kier molecular flexibility index (Phi) is 13.6. The Bertz CT molecular complexity index is 1580. The molecule has 1 aromatic rings. The first-order valence-electron chi connectivity index (χ1n) is 21.3. The first-order valence-corrected chi connectivity index (χ1v) is 21.3. The fourth-order valence-electron chi connectivity index (χ4n) is 9.70. The predicted octanol–water partition coefficient (Wildman–Crippen LogP) is 7.58. The number of aliphatic hydroxyl groups is 1. The largest absolute Gasteiger partial charge is 0.456 e. The fourth-order valence-corrected chi connectivity index (χ4v) is 9.70. The van der Waals surface area contributed by atoms with Crippen LogP contribution in [0.4, 0.5) is 0 Å². The number of allylic oxidation sites excluding steroid dienone is 1. The minimum Gasteiger partial charge on any atom is -0.456 e. The number of hydrogen-bond donors (Lipinski definition) is 3. The number of epoxide rings is 1. The van der Waals surface area contributed by atoms with Gasteiger partial charge < -0.3 is 34.7 Å². The molecule has 304 valence electrons. The van der Waals surface area contributed by atoms with Crippen molar-refractivity contribution in [3.8, 4) is 0 Å². The molecule has 2 amide bonds. The molecule has 3 N–H and O–H groups in total. The van der Waals surface area contributed by atoms with Gasteiger partial charge in [-0.3, -0.25) is 9.59 Å². The average Bonchev–Trinajstić information content (AvgIpc) is 3.64. The lowest BCUT2D eigenvalue weighted by Crippen LogP contribution is -2.45. The number of aliphatic hydroxyl groups excluding tert-OH is 1. The van der Waals surface area contributed by atoms with Crippen LogP contribution in [0.25, 0.3) is 6.08 Å². The highest BCUT2D eigenvalue weighted by Crippen LogP contribution is 2.60. The zero-order chi connectivity index (χ0) is 39.2. The summed E-state index contributed by atoms with van der Waals surface area (Å²) in [6, 6.07) is 7.70. The lowest BCUT2D eigenvalue weighted by molar-refractivity contribution is -0.190. The SMILES string of the molecule is CCCCCC1(CCCCC)OC2C=C(C(=O)NCCC(=O)NCCO)CC(OC(=O)c3ccccc3C=C3CCC4OC4(C)CCC4C3CC4(C)C)C2O1. The molecule has 0 aromatic heterocycles. The summed E-state index contributed by atoms with van der Waals surface area (Å²) in [5.74, 6) is -0.767. The minimum atomic E-state index is -0.814. The van der Waals surface area contributed by atoms with Crippen LogP contribution >= 0.6 is 0 Å². The predicted molar refractivity (Wildman–Crippen MR) is 212 cm³/mol. The Morgan fingerprint density at radius 2 is 1.69 bits per heavy atom. The van der Waals surface area contributed by atoms with E-state index in [2.05, 4.69) is 51.3 Å². The molecule has 10 nitrogen and oxygen atoms in total. The van der Waals surface area contributed by atoms with Crippen molar-refractivity contribution in [2.24, 2.45) is 17.3 Å². The number of unbranched alkanes of at least 4 members (excludes halogenated alkanes) is 4. The van der Waals surface area contributed by atoms with Gasteiger partial charge in [-0.25, -0.2) is 4.79 Å². The Labute approximate surface area is 328 Å². The third-order valence-electron chi connectivity index (χ3n) is 13.0. The van der Waals surface area contributed by atoms with Crippen LogP contribution in [0.2, 0.25) is 0 Å². The van der Waals surface area contributed by atoms with Crippen LogP contribution in [0.3, 0.4) is 0 Å². The van der Waals surface area contributed by atoms with Gasteiger partial charge in [0.05, 0.1) is 23.9 Å². The first-order chi connectivity index (χ1) is 26.4. The summed E-state index contributed by atoms with van der Waals surface area (Å²) >= 11 is 0. The number of amides is 2. The molecule has 0 bridgehead atoms. The van der Waals surface area contributed by atoms with Gasteiger partial charge in [-0.15, -0.1) is 0 Å². The normalized spacial score (nSPS) is 30.9. The maximum Gasteiger partial charge on any atom is 0.339 e. The molecule has 0 spiro atoms. The van der Waals surface area contributed by atoms with Crippen LogP contribution < -0.4 is 10.6 Å². The molecule has 5 aliphatic rings. The molecule has 6 rings (SSSR count). The maximum atomic E-state index is 14.3. The highest BCUT2D eigenvalue weighted by molar-refractivity contribution is 5.95. The van der Waals surface area contributed by atoms with E-state index in [-0.39, 0.29) is 55.4 Å². The molecular weight excluding hydrogens is 697 g/mol. The number of carbonyl (C=O) groups excluding carboxylic acids is 3. The molecular formula is C45H66N2O8. The van der Waals surface area contributed by atoms with Crippen molar-refractivity contribution in [1.82, 2.24) is 10.6 Å². The summed E-state index contributed by atoms with van der Waals surface area (Å²) < 4.78 is 26.3. The first kappa shape index (κ1) is 41.6. The van der Waals surface area contributed by atoms with E-state index in [1.165, 1.54) is 5.57 Å². The molecule has 2 heterocycles. The van der Waals surface area contributed by atoms with Gasteiger partial charge >= 0.3 is 5.97 Å². The summed E-state index contributed by atoms with van der Waals surface area (Å²) in [5, 5.41) is 14.5. The third kappa shape index (κ3) is 9.92. The van der Waals surface area contributed by atoms with Gasteiger partial charge in [0.1, 0.15) is 18.3 Å². The zero-order valence-electron chi connectivity index (χ0n) is 34.0. The fraction of sp³-hybridized carbons (Fsp3) is 0.711. The van der Waals surface area contributed by atoms with Crippen LogP contribution in [-0.4, -0.2) is 78.4 Å². The molecule has 2 aliphatic heterocycles. The number of fused-ring (bicyclic) bond motifs is 3. The lowest BCUT2D eigenvalue weighted by atomic mass is 9.52. The van der Waals surface area contributed by atoms with E-state index in [9.17, 15) is 14.4 Å². The van der Waals surface area contributed by atoms with E-state index in [1.54, 1.807) is 0 Å². The van der Waals surface area contributed by atoms with E-state index in [0.29, 0.717) is 29.1 Å². The number of hydrogen-bond acceptors (Lipinski definition) is 8. The van der Waals surface area contributed by atoms with Crippen LogP contribution in [0.1, 0.15) is 147 Å². The van der Waals surface area contributed by atoms with E-state index in [4.69, 9.17) is 24.1 Å². The number of carbonyl (C=O) groups is 3. The van der Waals surface area contributed by atoms with Crippen molar-refractivity contribution >= 4 is 23.9 Å². The summed E-state index contributed by atoms with van der Waals surface area (Å²) in [7, 11) is 0. The Morgan fingerprint density at radius 3 is 2.40 bits per heavy atom. The summed E-state index contributed by atoms with van der Waals surface area (Å²) in [4.78, 5) is 40.0. The average molecular weight is 763 g/mol. The van der Waals surface area contributed by atoms with Gasteiger partial charge in [0.25, 0.3) is 0 Å². The van der Waals surface area contributed by atoms with Gasteiger partial charge in [-0.1, -0.05) is 83.2 Å². The number of benzene rings is 1. The molecule has 4 fully saturated rings. The number of nitrogens with one attached hydrogen (secondary N) is 2. The van der Waals surface area contributed by atoms with Crippen molar-refractivity contribution in [2.75, 3.05) is 19.7 Å². The minimum absolute atomic E-state index is 0.00000851. The molecule has 55 heavy (non-hydrogen) atoms.